The maximum absolute atomic E-state index is 12.1. The Labute approximate surface area is 136 Å². The van der Waals surface area contributed by atoms with Gasteiger partial charge in [-0.3, -0.25) is 10.1 Å². The van der Waals surface area contributed by atoms with Gasteiger partial charge in [0.1, 0.15) is 11.3 Å². The molecule has 0 radical (unpaired) electrons. The first-order valence-corrected chi connectivity index (χ1v) is 8.35. The molecule has 108 valence electrons. The van der Waals surface area contributed by atoms with Crippen LogP contribution in [0.3, 0.4) is 0 Å². The zero-order chi connectivity index (χ0) is 15.0. The number of carbonyl (C=O) groups excluding carboxylic acids is 1. The number of nitrogens with zero attached hydrogens (tertiary/aromatic N) is 1. The summed E-state index contributed by atoms with van der Waals surface area (Å²) in [5.41, 5.74) is 7.70. The van der Waals surface area contributed by atoms with Gasteiger partial charge in [0, 0.05) is 17.1 Å². The zero-order valence-corrected chi connectivity index (χ0v) is 14.1. The number of amides is 1. The Bertz CT molecular complexity index is 828. The van der Waals surface area contributed by atoms with Crippen LogP contribution in [0, 0.1) is 0 Å². The van der Waals surface area contributed by atoms with Crippen LogP contribution < -0.4 is 15.8 Å². The van der Waals surface area contributed by atoms with Crippen LogP contribution in [-0.2, 0) is 0 Å². The smallest absolute Gasteiger partial charge is 0.258 e. The maximum atomic E-state index is 12.1. The summed E-state index contributed by atoms with van der Waals surface area (Å²) in [5.74, 6) is 0.406. The summed E-state index contributed by atoms with van der Waals surface area (Å²) in [7, 11) is 1.56. The molecule has 0 bridgehead atoms. The van der Waals surface area contributed by atoms with Crippen LogP contribution in [0.5, 0.6) is 5.75 Å². The van der Waals surface area contributed by atoms with Gasteiger partial charge in [-0.25, -0.2) is 4.98 Å². The van der Waals surface area contributed by atoms with Crippen molar-refractivity contribution in [2.45, 2.75) is 0 Å². The molecule has 8 heteroatoms. The molecule has 0 saturated heterocycles. The first-order chi connectivity index (χ1) is 10.1. The van der Waals surface area contributed by atoms with E-state index in [4.69, 9.17) is 10.5 Å². The second kappa shape index (κ2) is 5.63. The Morgan fingerprint density at radius 2 is 2.24 bits per heavy atom. The monoisotopic (exact) mass is 383 g/mol. The van der Waals surface area contributed by atoms with Crippen molar-refractivity contribution in [3.8, 4) is 5.75 Å². The van der Waals surface area contributed by atoms with Crippen LogP contribution in [0.25, 0.3) is 10.2 Å². The first kappa shape index (κ1) is 14.3. The number of aromatic nitrogens is 1. The maximum Gasteiger partial charge on any atom is 0.258 e. The molecule has 1 amide bonds. The van der Waals surface area contributed by atoms with Crippen LogP contribution in [0.15, 0.2) is 27.4 Å². The molecule has 2 heterocycles. The number of hydrogen-bond donors (Lipinski definition) is 2. The van der Waals surface area contributed by atoms with Crippen molar-refractivity contribution in [3.05, 3.63) is 32.9 Å². The Hall–Kier alpha value is -1.64. The highest BCUT2D eigenvalue weighted by molar-refractivity contribution is 9.11. The van der Waals surface area contributed by atoms with Crippen molar-refractivity contribution in [2.24, 2.45) is 0 Å². The van der Waals surface area contributed by atoms with Gasteiger partial charge >= 0.3 is 0 Å². The summed E-state index contributed by atoms with van der Waals surface area (Å²) < 4.78 is 7.04. The molecule has 0 saturated carbocycles. The molecule has 3 aromatic rings. The number of rotatable bonds is 3. The fraction of sp³-hybridized carbons (Fsp3) is 0.0769. The number of hydrogen-bond acceptors (Lipinski definition) is 6. The van der Waals surface area contributed by atoms with Gasteiger partial charge in [-0.2, -0.15) is 0 Å². The molecule has 0 aliphatic rings. The van der Waals surface area contributed by atoms with Crippen molar-refractivity contribution < 1.29 is 9.53 Å². The number of thiazole rings is 1. The normalized spacial score (nSPS) is 10.8. The molecule has 0 spiro atoms. The lowest BCUT2D eigenvalue weighted by Crippen LogP contribution is -2.10. The number of nitrogens with one attached hydrogen (secondary N) is 1. The van der Waals surface area contributed by atoms with E-state index in [-0.39, 0.29) is 5.91 Å². The predicted molar refractivity (Wildman–Crippen MR) is 90.6 cm³/mol. The fourth-order valence-corrected chi connectivity index (χ4v) is 3.89. The SMILES string of the molecule is COc1cc(N)cc2sc(NC(=O)c3csc(Br)c3)nc12. The lowest BCUT2D eigenvalue weighted by Gasteiger charge is -2.01. The van der Waals surface area contributed by atoms with Crippen LogP contribution in [-0.4, -0.2) is 18.0 Å². The molecule has 0 fully saturated rings. The van der Waals surface area contributed by atoms with E-state index < -0.39 is 0 Å². The number of halogens is 1. The first-order valence-electron chi connectivity index (χ1n) is 5.86. The second-order valence-corrected chi connectivity index (χ2v) is 7.50. The Kier molecular flexibility index (Phi) is 3.83. The third-order valence-electron chi connectivity index (χ3n) is 2.75. The van der Waals surface area contributed by atoms with Gasteiger partial charge in [-0.05, 0) is 28.1 Å². The number of anilines is 2. The number of ether oxygens (including phenoxy) is 1. The topological polar surface area (TPSA) is 77.2 Å². The predicted octanol–water partition coefficient (Wildman–Crippen LogP) is 3.96. The van der Waals surface area contributed by atoms with Crippen LogP contribution in [0.1, 0.15) is 10.4 Å². The van der Waals surface area contributed by atoms with Crippen LogP contribution >= 0.6 is 38.6 Å². The highest BCUT2D eigenvalue weighted by Gasteiger charge is 2.14. The summed E-state index contributed by atoms with van der Waals surface area (Å²) in [6, 6.07) is 5.29. The van der Waals surface area contributed by atoms with Crippen molar-refractivity contribution in [1.82, 2.24) is 4.98 Å². The summed E-state index contributed by atoms with van der Waals surface area (Å²) in [6.07, 6.45) is 0. The molecule has 0 atom stereocenters. The Morgan fingerprint density at radius 3 is 2.90 bits per heavy atom. The van der Waals surface area contributed by atoms with Gasteiger partial charge in [0.15, 0.2) is 5.13 Å². The van der Waals surface area contributed by atoms with E-state index >= 15 is 0 Å². The number of carbonyl (C=O) groups is 1. The highest BCUT2D eigenvalue weighted by Crippen LogP contribution is 2.34. The minimum absolute atomic E-state index is 0.192. The zero-order valence-electron chi connectivity index (χ0n) is 10.8. The summed E-state index contributed by atoms with van der Waals surface area (Å²) in [6.45, 7) is 0. The number of fused-ring (bicyclic) bond motifs is 1. The van der Waals surface area contributed by atoms with E-state index in [1.54, 1.807) is 24.6 Å². The van der Waals surface area contributed by atoms with Gasteiger partial charge < -0.3 is 10.5 Å². The van der Waals surface area contributed by atoms with Gasteiger partial charge in [0.2, 0.25) is 0 Å². The number of benzene rings is 1. The van der Waals surface area contributed by atoms with E-state index in [2.05, 4.69) is 26.2 Å². The van der Waals surface area contributed by atoms with Gasteiger partial charge in [0.25, 0.3) is 5.91 Å². The van der Waals surface area contributed by atoms with Crippen molar-refractivity contribution in [3.63, 3.8) is 0 Å². The van der Waals surface area contributed by atoms with Crippen molar-refractivity contribution in [2.75, 3.05) is 18.2 Å². The molecule has 1 aromatic carbocycles. The van der Waals surface area contributed by atoms with Crippen molar-refractivity contribution in [1.29, 1.82) is 0 Å². The fourth-order valence-electron chi connectivity index (χ4n) is 1.83. The quantitative estimate of drug-likeness (QED) is 0.670. The molecule has 2 aromatic heterocycles. The van der Waals surface area contributed by atoms with Crippen LogP contribution in [0.4, 0.5) is 10.8 Å². The average Bonchev–Trinajstić information content (AvgIpc) is 3.03. The Morgan fingerprint density at radius 1 is 1.43 bits per heavy atom. The van der Waals surface area contributed by atoms with E-state index in [1.807, 2.05) is 6.07 Å². The van der Waals surface area contributed by atoms with E-state index in [0.29, 0.717) is 27.6 Å². The number of nitrogen functional groups attached to an aromatic ring is 1. The molecule has 3 rings (SSSR count). The van der Waals surface area contributed by atoms with Gasteiger partial charge in [0.05, 0.1) is 21.2 Å². The molecule has 5 nitrogen and oxygen atoms in total. The molecule has 0 aliphatic heterocycles. The average molecular weight is 384 g/mol. The largest absolute Gasteiger partial charge is 0.494 e. The number of thiophene rings is 1. The van der Waals surface area contributed by atoms with E-state index in [9.17, 15) is 4.79 Å². The summed E-state index contributed by atoms with van der Waals surface area (Å²) in [5, 5.41) is 5.09. The molecule has 3 N–H and O–H groups in total. The molecule has 21 heavy (non-hydrogen) atoms. The molecular weight excluding hydrogens is 374 g/mol. The van der Waals surface area contributed by atoms with Crippen molar-refractivity contribution >= 4 is 65.5 Å². The summed E-state index contributed by atoms with van der Waals surface area (Å²) in [4.78, 5) is 16.5. The van der Waals surface area contributed by atoms with Gasteiger partial charge in [-0.15, -0.1) is 11.3 Å². The number of methoxy groups -OCH3 is 1. The summed E-state index contributed by atoms with van der Waals surface area (Å²) >= 11 is 6.15. The molecular formula is C13H10BrN3O2S2. The lowest BCUT2D eigenvalue weighted by molar-refractivity contribution is 0.102. The second-order valence-electron chi connectivity index (χ2n) is 4.18. The standard InChI is InChI=1S/C13H10BrN3O2S2/c1-19-8-3-7(15)4-9-11(8)16-13(21-9)17-12(18)6-2-10(14)20-5-6/h2-5H,15H2,1H3,(H,16,17,18). The Balaban J connectivity index is 1.93. The van der Waals surface area contributed by atoms with Gasteiger partial charge in [-0.1, -0.05) is 11.3 Å². The third-order valence-corrected chi connectivity index (χ3v) is 5.17. The third kappa shape index (κ3) is 2.87. The minimum Gasteiger partial charge on any atom is -0.494 e. The van der Waals surface area contributed by atoms with E-state index in [1.165, 1.54) is 22.7 Å². The molecule has 0 aliphatic carbocycles. The lowest BCUT2D eigenvalue weighted by atomic mass is 10.3. The van der Waals surface area contributed by atoms with E-state index in [0.717, 1.165) is 8.49 Å². The van der Waals surface area contributed by atoms with Crippen LogP contribution in [0.2, 0.25) is 0 Å². The number of nitrogens with two attached hydrogens (primary N) is 1. The molecule has 0 unspecified atom stereocenters. The highest BCUT2D eigenvalue weighted by atomic mass is 79.9. The minimum atomic E-state index is -0.192.